The molecule has 1 fully saturated rings. The third-order valence-electron chi connectivity index (χ3n) is 4.22. The van der Waals surface area contributed by atoms with Crippen molar-refractivity contribution in [3.05, 3.63) is 34.6 Å². The lowest BCUT2D eigenvalue weighted by molar-refractivity contribution is 0.213. The number of aromatic amines is 1. The van der Waals surface area contributed by atoms with Crippen molar-refractivity contribution in [2.75, 3.05) is 38.6 Å². The summed E-state index contributed by atoms with van der Waals surface area (Å²) in [5.74, 6) is 1.29. The lowest BCUT2D eigenvalue weighted by Gasteiger charge is -2.32. The molecule has 5 heteroatoms. The quantitative estimate of drug-likeness (QED) is 0.933. The Morgan fingerprint density at radius 3 is 3.05 bits per heavy atom. The Hall–Kier alpha value is -1.88. The molecule has 21 heavy (non-hydrogen) atoms. The Kier molecular flexibility index (Phi) is 3.92. The Morgan fingerprint density at radius 1 is 1.43 bits per heavy atom. The summed E-state index contributed by atoms with van der Waals surface area (Å²) in [7, 11) is 4.17. The van der Waals surface area contributed by atoms with Crippen LogP contribution in [0.3, 0.4) is 0 Å². The summed E-state index contributed by atoms with van der Waals surface area (Å²) in [5.41, 5.74) is 0.687. The fraction of sp³-hybridized carbons (Fsp3) is 0.500. The van der Waals surface area contributed by atoms with Gasteiger partial charge in [0, 0.05) is 20.1 Å². The number of nitrogens with zero attached hydrogens (tertiary/aromatic N) is 3. The molecule has 0 unspecified atom stereocenters. The lowest BCUT2D eigenvalue weighted by atomic mass is 9.98. The third-order valence-corrected chi connectivity index (χ3v) is 4.22. The molecule has 0 amide bonds. The van der Waals surface area contributed by atoms with Crippen LogP contribution < -0.4 is 10.5 Å². The predicted molar refractivity (Wildman–Crippen MR) is 85.9 cm³/mol. The van der Waals surface area contributed by atoms with Gasteiger partial charge in [0.1, 0.15) is 0 Å². The van der Waals surface area contributed by atoms with Crippen LogP contribution in [0.25, 0.3) is 10.9 Å². The number of nitrogens with one attached hydrogen (secondary N) is 1. The second-order valence-corrected chi connectivity index (χ2v) is 6.06. The van der Waals surface area contributed by atoms with Gasteiger partial charge in [-0.05, 0) is 44.5 Å². The number of rotatable bonds is 3. The number of anilines is 1. The summed E-state index contributed by atoms with van der Waals surface area (Å²) < 4.78 is 0. The molecule has 0 bridgehead atoms. The summed E-state index contributed by atoms with van der Waals surface area (Å²) in [6.07, 6.45) is 2.49. The van der Waals surface area contributed by atoms with Gasteiger partial charge in [-0.2, -0.15) is 0 Å². The van der Waals surface area contributed by atoms with Gasteiger partial charge in [0.15, 0.2) is 0 Å². The molecule has 1 aromatic heterocycles. The van der Waals surface area contributed by atoms with Crippen molar-refractivity contribution in [2.45, 2.75) is 12.8 Å². The van der Waals surface area contributed by atoms with E-state index >= 15 is 0 Å². The van der Waals surface area contributed by atoms with Gasteiger partial charge in [-0.25, -0.2) is 4.98 Å². The highest BCUT2D eigenvalue weighted by molar-refractivity contribution is 5.78. The number of benzene rings is 1. The molecule has 1 aromatic carbocycles. The van der Waals surface area contributed by atoms with Crippen LogP contribution in [0.5, 0.6) is 0 Å². The van der Waals surface area contributed by atoms with E-state index in [2.05, 4.69) is 26.8 Å². The van der Waals surface area contributed by atoms with Crippen molar-refractivity contribution in [2.24, 2.45) is 5.92 Å². The molecule has 1 aliphatic heterocycles. The van der Waals surface area contributed by atoms with Gasteiger partial charge in [0.2, 0.25) is 5.95 Å². The third kappa shape index (κ3) is 3.08. The highest BCUT2D eigenvalue weighted by Gasteiger charge is 2.19. The molecule has 2 aromatic rings. The first-order valence-corrected chi connectivity index (χ1v) is 7.52. The standard InChI is InChI=1S/C16H22N4O/c1-19-9-5-6-12(10-19)11-20(2)16-17-14-8-4-3-7-13(14)15(21)18-16/h3-4,7-8,12H,5-6,9-11H2,1-2H3,(H,17,18,21)/t12-/m0/s1. The minimum Gasteiger partial charge on any atom is -0.345 e. The number of hydrogen-bond acceptors (Lipinski definition) is 4. The van der Waals surface area contributed by atoms with E-state index in [4.69, 9.17) is 0 Å². The smallest absolute Gasteiger partial charge is 0.260 e. The van der Waals surface area contributed by atoms with Gasteiger partial charge in [0.05, 0.1) is 10.9 Å². The van der Waals surface area contributed by atoms with E-state index in [1.807, 2.05) is 25.2 Å². The van der Waals surface area contributed by atoms with E-state index in [0.717, 1.165) is 18.6 Å². The van der Waals surface area contributed by atoms with Gasteiger partial charge in [-0.3, -0.25) is 9.78 Å². The lowest BCUT2D eigenvalue weighted by Crippen LogP contribution is -2.38. The van der Waals surface area contributed by atoms with Crippen molar-refractivity contribution < 1.29 is 0 Å². The van der Waals surface area contributed by atoms with Crippen molar-refractivity contribution in [1.82, 2.24) is 14.9 Å². The average molecular weight is 286 g/mol. The first-order valence-electron chi connectivity index (χ1n) is 7.52. The zero-order valence-electron chi connectivity index (χ0n) is 12.7. The number of para-hydroxylation sites is 1. The summed E-state index contributed by atoms with van der Waals surface area (Å²) in [6, 6.07) is 7.46. The minimum atomic E-state index is -0.0665. The maximum absolute atomic E-state index is 12.1. The number of fused-ring (bicyclic) bond motifs is 1. The number of H-pyrrole nitrogens is 1. The molecule has 0 radical (unpaired) electrons. The Labute approximate surface area is 124 Å². The highest BCUT2D eigenvalue weighted by Crippen LogP contribution is 2.18. The van der Waals surface area contributed by atoms with Crippen LogP contribution >= 0.6 is 0 Å². The zero-order chi connectivity index (χ0) is 14.8. The van der Waals surface area contributed by atoms with E-state index in [1.54, 1.807) is 6.07 Å². The molecule has 1 saturated heterocycles. The number of piperidine rings is 1. The van der Waals surface area contributed by atoms with Gasteiger partial charge in [-0.15, -0.1) is 0 Å². The zero-order valence-corrected chi connectivity index (χ0v) is 12.7. The summed E-state index contributed by atoms with van der Waals surface area (Å²) in [6.45, 7) is 3.22. The van der Waals surface area contributed by atoms with Gasteiger partial charge in [-0.1, -0.05) is 12.1 Å². The molecule has 112 valence electrons. The highest BCUT2D eigenvalue weighted by atomic mass is 16.1. The van der Waals surface area contributed by atoms with E-state index in [9.17, 15) is 4.79 Å². The Balaban J connectivity index is 1.81. The van der Waals surface area contributed by atoms with Crippen molar-refractivity contribution in [3.63, 3.8) is 0 Å². The molecule has 0 saturated carbocycles. The summed E-state index contributed by atoms with van der Waals surface area (Å²) >= 11 is 0. The van der Waals surface area contributed by atoms with Crippen LogP contribution in [-0.4, -0.2) is 48.6 Å². The SMILES string of the molecule is CN1CCC[C@H](CN(C)c2nc3ccccc3c(=O)[nH]2)C1. The van der Waals surface area contributed by atoms with Crippen molar-refractivity contribution >= 4 is 16.9 Å². The second kappa shape index (κ2) is 5.85. The molecular weight excluding hydrogens is 264 g/mol. The number of hydrogen-bond donors (Lipinski definition) is 1. The molecule has 1 aliphatic rings. The molecule has 2 heterocycles. The molecule has 0 aliphatic carbocycles. The predicted octanol–water partition coefficient (Wildman–Crippen LogP) is 1.70. The summed E-state index contributed by atoms with van der Waals surface area (Å²) in [4.78, 5) is 24.0. The maximum Gasteiger partial charge on any atom is 0.260 e. The van der Waals surface area contributed by atoms with Crippen LogP contribution in [-0.2, 0) is 0 Å². The first kappa shape index (κ1) is 14.1. The van der Waals surface area contributed by atoms with Crippen LogP contribution in [0.15, 0.2) is 29.1 Å². The van der Waals surface area contributed by atoms with E-state index in [-0.39, 0.29) is 5.56 Å². The van der Waals surface area contributed by atoms with Crippen LogP contribution in [0, 0.1) is 5.92 Å². The van der Waals surface area contributed by atoms with E-state index in [0.29, 0.717) is 17.3 Å². The Bertz CT molecular complexity index is 681. The first-order chi connectivity index (χ1) is 10.1. The number of aromatic nitrogens is 2. The maximum atomic E-state index is 12.1. The monoisotopic (exact) mass is 286 g/mol. The molecule has 5 nitrogen and oxygen atoms in total. The van der Waals surface area contributed by atoms with Crippen molar-refractivity contribution in [3.8, 4) is 0 Å². The van der Waals surface area contributed by atoms with E-state index < -0.39 is 0 Å². The van der Waals surface area contributed by atoms with Gasteiger partial charge in [0.25, 0.3) is 5.56 Å². The molecule has 1 atom stereocenters. The normalized spacial score (nSPS) is 19.8. The van der Waals surface area contributed by atoms with Crippen LogP contribution in [0.2, 0.25) is 0 Å². The average Bonchev–Trinajstić information content (AvgIpc) is 2.47. The van der Waals surface area contributed by atoms with Crippen LogP contribution in [0.4, 0.5) is 5.95 Å². The largest absolute Gasteiger partial charge is 0.345 e. The molecular formula is C16H22N4O. The van der Waals surface area contributed by atoms with E-state index in [1.165, 1.54) is 19.4 Å². The molecule has 3 rings (SSSR count). The number of likely N-dealkylation sites (tertiary alicyclic amines) is 1. The molecule has 1 N–H and O–H groups in total. The summed E-state index contributed by atoms with van der Waals surface area (Å²) in [5, 5.41) is 0.645. The Morgan fingerprint density at radius 2 is 2.24 bits per heavy atom. The van der Waals surface area contributed by atoms with Crippen molar-refractivity contribution in [1.29, 1.82) is 0 Å². The minimum absolute atomic E-state index is 0.0665. The van der Waals surface area contributed by atoms with Crippen LogP contribution in [0.1, 0.15) is 12.8 Å². The van der Waals surface area contributed by atoms with Gasteiger partial charge >= 0.3 is 0 Å². The fourth-order valence-electron chi connectivity index (χ4n) is 3.15. The second-order valence-electron chi connectivity index (χ2n) is 6.06. The van der Waals surface area contributed by atoms with Gasteiger partial charge < -0.3 is 9.80 Å². The molecule has 0 spiro atoms. The topological polar surface area (TPSA) is 52.2 Å². The fourth-order valence-corrected chi connectivity index (χ4v) is 3.15.